The number of aromatic nitrogens is 3. The molecule has 2 aromatic rings. The molecule has 0 bridgehead atoms. The van der Waals surface area contributed by atoms with Crippen molar-refractivity contribution in [3.05, 3.63) is 36.4 Å². The summed E-state index contributed by atoms with van der Waals surface area (Å²) in [6.45, 7) is 6.34. The Morgan fingerprint density at radius 3 is 2.91 bits per heavy atom. The predicted molar refractivity (Wildman–Crippen MR) is 88.9 cm³/mol. The van der Waals surface area contributed by atoms with Crippen LogP contribution in [0.3, 0.4) is 0 Å². The smallest absolute Gasteiger partial charge is 0.133 e. The summed E-state index contributed by atoms with van der Waals surface area (Å²) in [5.74, 6) is 2.07. The normalized spacial score (nSPS) is 18.4. The van der Waals surface area contributed by atoms with E-state index in [2.05, 4.69) is 39.4 Å². The third-order valence-corrected chi connectivity index (χ3v) is 3.87. The first-order valence-electron chi connectivity index (χ1n) is 7.99. The Labute approximate surface area is 131 Å². The molecule has 3 heterocycles. The quantitative estimate of drug-likeness (QED) is 0.908. The van der Waals surface area contributed by atoms with Crippen LogP contribution in [0.15, 0.2) is 30.6 Å². The molecule has 5 heteroatoms. The van der Waals surface area contributed by atoms with Crippen molar-refractivity contribution in [2.24, 2.45) is 0 Å². The molecule has 0 aromatic carbocycles. The van der Waals surface area contributed by atoms with Gasteiger partial charge in [0.25, 0.3) is 0 Å². The monoisotopic (exact) mass is 297 g/mol. The van der Waals surface area contributed by atoms with Gasteiger partial charge in [-0.2, -0.15) is 0 Å². The molecular formula is C17H23N5. The zero-order chi connectivity index (χ0) is 15.4. The van der Waals surface area contributed by atoms with Crippen molar-refractivity contribution < 1.29 is 0 Å². The molecule has 5 nitrogen and oxygen atoms in total. The molecule has 3 rings (SSSR count). The van der Waals surface area contributed by atoms with E-state index in [0.29, 0.717) is 12.0 Å². The number of anilines is 1. The Kier molecular flexibility index (Phi) is 4.63. The molecule has 1 unspecified atom stereocenters. The second kappa shape index (κ2) is 6.83. The fourth-order valence-electron chi connectivity index (χ4n) is 2.64. The molecule has 0 amide bonds. The molecule has 1 fully saturated rings. The third-order valence-electron chi connectivity index (χ3n) is 3.87. The lowest BCUT2D eigenvalue weighted by Gasteiger charge is -2.24. The second-order valence-corrected chi connectivity index (χ2v) is 6.08. The van der Waals surface area contributed by atoms with Gasteiger partial charge in [-0.1, -0.05) is 13.8 Å². The maximum absolute atomic E-state index is 4.69. The molecule has 1 aliphatic rings. The largest absolute Gasteiger partial charge is 0.366 e. The minimum absolute atomic E-state index is 0.293. The summed E-state index contributed by atoms with van der Waals surface area (Å²) in [6.07, 6.45) is 6.00. The Morgan fingerprint density at radius 2 is 2.23 bits per heavy atom. The van der Waals surface area contributed by atoms with Gasteiger partial charge >= 0.3 is 0 Å². The number of hydrogen-bond acceptors (Lipinski definition) is 5. The summed E-state index contributed by atoms with van der Waals surface area (Å²) < 4.78 is 0. The van der Waals surface area contributed by atoms with E-state index in [-0.39, 0.29) is 0 Å². The summed E-state index contributed by atoms with van der Waals surface area (Å²) in [4.78, 5) is 13.6. The van der Waals surface area contributed by atoms with E-state index in [9.17, 15) is 0 Å². The highest BCUT2D eigenvalue weighted by molar-refractivity contribution is 5.61. The first-order chi connectivity index (χ1) is 10.7. The van der Waals surface area contributed by atoms with Crippen LogP contribution in [0.2, 0.25) is 0 Å². The molecule has 1 aliphatic heterocycles. The number of rotatable bonds is 4. The molecule has 1 atom stereocenters. The molecule has 0 saturated carbocycles. The number of pyridine rings is 1. The molecule has 1 saturated heterocycles. The highest BCUT2D eigenvalue weighted by Crippen LogP contribution is 2.22. The molecular weight excluding hydrogens is 274 g/mol. The maximum atomic E-state index is 4.69. The summed E-state index contributed by atoms with van der Waals surface area (Å²) in [6, 6.07) is 6.43. The molecule has 0 radical (unpaired) electrons. The SMILES string of the molecule is CC(C)c1nc(NC2CCCNC2)cc(-c2cccnc2)n1. The third kappa shape index (κ3) is 3.60. The van der Waals surface area contributed by atoms with Gasteiger partial charge in [-0.25, -0.2) is 9.97 Å². The minimum atomic E-state index is 0.293. The molecule has 22 heavy (non-hydrogen) atoms. The van der Waals surface area contributed by atoms with Crippen LogP contribution < -0.4 is 10.6 Å². The van der Waals surface area contributed by atoms with Gasteiger partial charge in [-0.3, -0.25) is 4.98 Å². The van der Waals surface area contributed by atoms with E-state index in [0.717, 1.165) is 36.0 Å². The van der Waals surface area contributed by atoms with Gasteiger partial charge in [0, 0.05) is 42.5 Å². The molecule has 2 aromatic heterocycles. The van der Waals surface area contributed by atoms with Crippen molar-refractivity contribution >= 4 is 5.82 Å². The maximum Gasteiger partial charge on any atom is 0.133 e. The number of nitrogens with one attached hydrogen (secondary N) is 2. The first-order valence-corrected chi connectivity index (χ1v) is 7.99. The number of nitrogens with zero attached hydrogens (tertiary/aromatic N) is 3. The van der Waals surface area contributed by atoms with Crippen LogP contribution in [0.4, 0.5) is 5.82 Å². The zero-order valence-electron chi connectivity index (χ0n) is 13.2. The Morgan fingerprint density at radius 1 is 1.32 bits per heavy atom. The van der Waals surface area contributed by atoms with Crippen LogP contribution in [0.5, 0.6) is 0 Å². The van der Waals surface area contributed by atoms with Gasteiger partial charge < -0.3 is 10.6 Å². The van der Waals surface area contributed by atoms with Crippen LogP contribution in [-0.4, -0.2) is 34.1 Å². The van der Waals surface area contributed by atoms with Crippen molar-refractivity contribution in [2.45, 2.75) is 38.6 Å². The topological polar surface area (TPSA) is 62.7 Å². The molecule has 116 valence electrons. The fraction of sp³-hybridized carbons (Fsp3) is 0.471. The predicted octanol–water partition coefficient (Wildman–Crippen LogP) is 2.83. The van der Waals surface area contributed by atoms with E-state index in [1.165, 1.54) is 12.8 Å². The molecule has 0 aliphatic carbocycles. The molecule has 2 N–H and O–H groups in total. The Hall–Kier alpha value is -2.01. The first kappa shape index (κ1) is 14.9. The summed E-state index contributed by atoms with van der Waals surface area (Å²) in [5.41, 5.74) is 1.95. The van der Waals surface area contributed by atoms with E-state index in [1.54, 1.807) is 6.20 Å². The van der Waals surface area contributed by atoms with Gasteiger partial charge in [0.1, 0.15) is 11.6 Å². The lowest BCUT2D eigenvalue weighted by atomic mass is 10.1. The van der Waals surface area contributed by atoms with E-state index >= 15 is 0 Å². The lowest BCUT2D eigenvalue weighted by molar-refractivity contribution is 0.478. The van der Waals surface area contributed by atoms with Crippen molar-refractivity contribution in [3.8, 4) is 11.3 Å². The number of piperidine rings is 1. The van der Waals surface area contributed by atoms with Crippen LogP contribution >= 0.6 is 0 Å². The summed E-state index contributed by atoms with van der Waals surface area (Å²) >= 11 is 0. The highest BCUT2D eigenvalue weighted by atomic mass is 15.1. The van der Waals surface area contributed by atoms with Crippen LogP contribution in [0, 0.1) is 0 Å². The number of hydrogen-bond donors (Lipinski definition) is 2. The van der Waals surface area contributed by atoms with E-state index in [4.69, 9.17) is 0 Å². The van der Waals surface area contributed by atoms with E-state index in [1.807, 2.05) is 24.4 Å². The second-order valence-electron chi connectivity index (χ2n) is 6.08. The van der Waals surface area contributed by atoms with Crippen LogP contribution in [-0.2, 0) is 0 Å². The summed E-state index contributed by atoms with van der Waals surface area (Å²) in [5, 5.41) is 6.98. The Bertz CT molecular complexity index is 606. The van der Waals surface area contributed by atoms with Crippen LogP contribution in [0.25, 0.3) is 11.3 Å². The highest BCUT2D eigenvalue weighted by Gasteiger charge is 2.15. The fourth-order valence-corrected chi connectivity index (χ4v) is 2.64. The van der Waals surface area contributed by atoms with Crippen molar-refractivity contribution in [1.82, 2.24) is 20.3 Å². The van der Waals surface area contributed by atoms with Gasteiger partial charge in [0.2, 0.25) is 0 Å². The lowest BCUT2D eigenvalue weighted by Crippen LogP contribution is -2.38. The van der Waals surface area contributed by atoms with Gasteiger partial charge in [0.15, 0.2) is 0 Å². The Balaban J connectivity index is 1.90. The van der Waals surface area contributed by atoms with Gasteiger partial charge in [0.05, 0.1) is 5.69 Å². The van der Waals surface area contributed by atoms with Crippen molar-refractivity contribution in [1.29, 1.82) is 0 Å². The van der Waals surface area contributed by atoms with Crippen molar-refractivity contribution in [3.63, 3.8) is 0 Å². The zero-order valence-corrected chi connectivity index (χ0v) is 13.2. The molecule has 0 spiro atoms. The average molecular weight is 297 g/mol. The van der Waals surface area contributed by atoms with Gasteiger partial charge in [-0.15, -0.1) is 0 Å². The minimum Gasteiger partial charge on any atom is -0.366 e. The van der Waals surface area contributed by atoms with Gasteiger partial charge in [-0.05, 0) is 31.5 Å². The summed E-state index contributed by atoms with van der Waals surface area (Å²) in [7, 11) is 0. The van der Waals surface area contributed by atoms with Crippen molar-refractivity contribution in [2.75, 3.05) is 18.4 Å². The standard InChI is InChI=1S/C17H23N5/c1-12(2)17-21-15(13-5-3-7-18-10-13)9-16(22-17)20-14-6-4-8-19-11-14/h3,5,7,9-10,12,14,19H,4,6,8,11H2,1-2H3,(H,20,21,22). The average Bonchev–Trinajstić information content (AvgIpc) is 2.56. The van der Waals surface area contributed by atoms with E-state index < -0.39 is 0 Å². The van der Waals surface area contributed by atoms with Crippen LogP contribution in [0.1, 0.15) is 38.4 Å².